The van der Waals surface area contributed by atoms with Gasteiger partial charge in [-0.15, -0.1) is 36.1 Å². The Labute approximate surface area is 165 Å². The fourth-order valence-electron chi connectivity index (χ4n) is 2.21. The van der Waals surface area contributed by atoms with Gasteiger partial charge in [0.2, 0.25) is 0 Å². The van der Waals surface area contributed by atoms with Gasteiger partial charge in [-0.2, -0.15) is 11.1 Å². The second kappa shape index (κ2) is 11.9. The molecule has 3 heteroatoms. The number of benzene rings is 2. The van der Waals surface area contributed by atoms with Gasteiger partial charge in [-0.3, -0.25) is 12.2 Å². The number of fused-ring (bicyclic) bond motifs is 2. The third kappa shape index (κ3) is 5.88. The molecule has 2 aromatic carbocycles. The van der Waals surface area contributed by atoms with Gasteiger partial charge in [-0.05, 0) is 0 Å². The second-order valence-electron chi connectivity index (χ2n) is 4.45. The fourth-order valence-corrected chi connectivity index (χ4v) is 2.21. The average molecular weight is 408 g/mol. The van der Waals surface area contributed by atoms with Crippen LogP contribution in [-0.2, 0) is 39.0 Å². The molecule has 0 atom stereocenters. The van der Waals surface area contributed by atoms with E-state index in [2.05, 4.69) is 72.8 Å². The molecular weight excluding hydrogens is 390 g/mol. The van der Waals surface area contributed by atoms with E-state index in [0.717, 1.165) is 12.8 Å². The van der Waals surface area contributed by atoms with E-state index in [-0.39, 0.29) is 58.4 Å². The number of hydrogen-bond acceptors (Lipinski definition) is 0. The first-order valence-corrected chi connectivity index (χ1v) is 6.22. The summed E-state index contributed by atoms with van der Waals surface area (Å²) in [5, 5.41) is 0. The molecule has 2 aromatic rings. The van der Waals surface area contributed by atoms with Crippen LogP contribution < -0.4 is 24.8 Å². The van der Waals surface area contributed by atoms with Crippen LogP contribution in [0.15, 0.2) is 48.5 Å². The molecule has 0 N–H and O–H groups in total. The van der Waals surface area contributed by atoms with E-state index < -0.39 is 0 Å². The van der Waals surface area contributed by atoms with Gasteiger partial charge in [0.15, 0.2) is 0 Å². The molecule has 22 heavy (non-hydrogen) atoms. The first kappa shape index (κ1) is 23.6. The third-order valence-electron chi connectivity index (χ3n) is 3.21. The van der Waals surface area contributed by atoms with Gasteiger partial charge >= 0.3 is 26.2 Å². The molecule has 0 aromatic heterocycles. The number of rotatable bonds is 0. The topological polar surface area (TPSA) is 0 Å². The maximum atomic E-state index is 3.16. The van der Waals surface area contributed by atoms with Crippen molar-refractivity contribution in [1.29, 1.82) is 0 Å². The molecule has 0 unspecified atom stereocenters. The standard InChI is InChI=1S/2C9H7.CH4.2ClH.Zr/c2*1-2-5-9-7-3-6-8(9)4-1;;;;/h2*1-2,4-6H,7H2;1H4;2*1H;/q2*-1;;;;+4/p-2. The quantitative estimate of drug-likeness (QED) is 0.479. The van der Waals surface area contributed by atoms with E-state index in [1.165, 1.54) is 22.3 Å². The Morgan fingerprint density at radius 1 is 0.636 bits per heavy atom. The smallest absolute Gasteiger partial charge is 1.00 e. The van der Waals surface area contributed by atoms with Crippen molar-refractivity contribution < 1.29 is 51.0 Å². The molecule has 112 valence electrons. The molecule has 2 aliphatic rings. The fraction of sp³-hybridized carbons (Fsp3) is 0.158. The van der Waals surface area contributed by atoms with Crippen LogP contribution in [0.5, 0.6) is 0 Å². The van der Waals surface area contributed by atoms with Gasteiger partial charge in [0, 0.05) is 0 Å². The van der Waals surface area contributed by atoms with Gasteiger partial charge in [-0.1, -0.05) is 43.8 Å². The summed E-state index contributed by atoms with van der Waals surface area (Å²) < 4.78 is 0. The Morgan fingerprint density at radius 3 is 1.36 bits per heavy atom. The molecule has 0 saturated carbocycles. The van der Waals surface area contributed by atoms with Crippen LogP contribution in [0.4, 0.5) is 0 Å². The van der Waals surface area contributed by atoms with Crippen LogP contribution in [0.3, 0.4) is 0 Å². The molecule has 0 radical (unpaired) electrons. The summed E-state index contributed by atoms with van der Waals surface area (Å²) in [5.74, 6) is 0. The third-order valence-corrected chi connectivity index (χ3v) is 3.21. The summed E-state index contributed by atoms with van der Waals surface area (Å²) in [6.07, 6.45) is 12.4. The first-order chi connectivity index (χ1) is 8.93. The van der Waals surface area contributed by atoms with Crippen LogP contribution in [0.1, 0.15) is 29.7 Å². The minimum absolute atomic E-state index is 0. The van der Waals surface area contributed by atoms with Gasteiger partial charge in [0.1, 0.15) is 0 Å². The monoisotopic (exact) mass is 406 g/mol. The van der Waals surface area contributed by atoms with Crippen LogP contribution in [0.2, 0.25) is 0 Å². The molecular formula is C19H18Cl2Zr. The molecule has 0 fully saturated rings. The van der Waals surface area contributed by atoms with E-state index >= 15 is 0 Å². The predicted octanol–water partition coefficient (Wildman–Crippen LogP) is -1.24. The van der Waals surface area contributed by atoms with Crippen molar-refractivity contribution in [3.05, 3.63) is 82.9 Å². The number of hydrogen-bond donors (Lipinski definition) is 0. The molecule has 0 amide bonds. The zero-order valence-corrected chi connectivity index (χ0v) is 15.4. The van der Waals surface area contributed by atoms with Crippen LogP contribution in [0, 0.1) is 12.2 Å². The molecule has 4 rings (SSSR count). The zero-order valence-electron chi connectivity index (χ0n) is 11.4. The molecule has 0 spiro atoms. The maximum Gasteiger partial charge on any atom is 4.00 e. The van der Waals surface area contributed by atoms with Crippen molar-refractivity contribution in [3.63, 3.8) is 0 Å². The van der Waals surface area contributed by atoms with Gasteiger partial charge < -0.3 is 24.8 Å². The summed E-state index contributed by atoms with van der Waals surface area (Å²) >= 11 is 0. The first-order valence-electron chi connectivity index (χ1n) is 6.22. The summed E-state index contributed by atoms with van der Waals surface area (Å²) in [7, 11) is 0. The second-order valence-corrected chi connectivity index (χ2v) is 4.45. The summed E-state index contributed by atoms with van der Waals surface area (Å²) in [6, 6.07) is 16.8. The Balaban J connectivity index is 0. The minimum Gasteiger partial charge on any atom is -1.00 e. The molecule has 0 nitrogen and oxygen atoms in total. The normalized spacial score (nSPS) is 11.3. The molecule has 0 heterocycles. The largest absolute Gasteiger partial charge is 4.00 e. The van der Waals surface area contributed by atoms with E-state index in [0.29, 0.717) is 0 Å². The van der Waals surface area contributed by atoms with Crippen molar-refractivity contribution >= 4 is 12.2 Å². The van der Waals surface area contributed by atoms with Crippen molar-refractivity contribution in [2.45, 2.75) is 20.3 Å². The van der Waals surface area contributed by atoms with Crippen molar-refractivity contribution in [2.24, 2.45) is 0 Å². The summed E-state index contributed by atoms with van der Waals surface area (Å²) in [6.45, 7) is 0. The van der Waals surface area contributed by atoms with Crippen molar-refractivity contribution in [3.8, 4) is 0 Å². The predicted molar refractivity (Wildman–Crippen MR) is 82.4 cm³/mol. The Morgan fingerprint density at radius 2 is 1.00 bits per heavy atom. The molecule has 0 aliphatic heterocycles. The van der Waals surface area contributed by atoms with Gasteiger partial charge in [0.05, 0.1) is 0 Å². The number of halogens is 2. The summed E-state index contributed by atoms with van der Waals surface area (Å²) in [5.41, 5.74) is 5.46. The summed E-state index contributed by atoms with van der Waals surface area (Å²) in [4.78, 5) is 0. The van der Waals surface area contributed by atoms with Crippen LogP contribution in [-0.4, -0.2) is 0 Å². The Bertz CT molecular complexity index is 563. The Hall–Kier alpha value is -0.617. The minimum atomic E-state index is 0. The van der Waals surface area contributed by atoms with Crippen LogP contribution >= 0.6 is 0 Å². The van der Waals surface area contributed by atoms with Crippen molar-refractivity contribution in [1.82, 2.24) is 0 Å². The zero-order chi connectivity index (χ0) is 12.2. The number of allylic oxidation sites excluding steroid dienone is 2. The van der Waals surface area contributed by atoms with E-state index in [1.54, 1.807) is 0 Å². The Kier molecular flexibility index (Phi) is 12.8. The van der Waals surface area contributed by atoms with Gasteiger partial charge in [-0.25, -0.2) is 12.2 Å². The van der Waals surface area contributed by atoms with Crippen molar-refractivity contribution in [2.75, 3.05) is 0 Å². The SMILES string of the molecule is C.[C-]1=Cc2ccccc2C1.[C-]1=Cc2ccccc2C1.[Cl-].[Cl-].[Zr+4]. The molecule has 0 bridgehead atoms. The molecule has 2 aliphatic carbocycles. The molecule has 0 saturated heterocycles. The van der Waals surface area contributed by atoms with E-state index in [9.17, 15) is 0 Å². The van der Waals surface area contributed by atoms with Crippen LogP contribution in [0.25, 0.3) is 12.2 Å². The van der Waals surface area contributed by atoms with E-state index in [1.807, 2.05) is 0 Å². The van der Waals surface area contributed by atoms with E-state index in [4.69, 9.17) is 0 Å². The maximum absolute atomic E-state index is 3.16. The average Bonchev–Trinajstić information content (AvgIpc) is 3.08. The van der Waals surface area contributed by atoms with Gasteiger partial charge in [0.25, 0.3) is 0 Å².